The molecule has 0 aromatic carbocycles. The molecular formula is C10H17N. The molecule has 0 amide bonds. The molecule has 0 spiro atoms. The molecule has 0 N–H and O–H groups in total. The number of nitrogens with zero attached hydrogens (tertiary/aromatic N) is 1. The summed E-state index contributed by atoms with van der Waals surface area (Å²) in [5.74, 6) is 1.98. The largest absolute Gasteiger partial charge is 0.306 e. The molecule has 2 atom stereocenters. The first-order valence-electron chi connectivity index (χ1n) is 4.70. The third kappa shape index (κ3) is 1.48. The zero-order valence-corrected chi connectivity index (χ0v) is 7.29. The van der Waals surface area contributed by atoms with Gasteiger partial charge < -0.3 is 4.90 Å². The van der Waals surface area contributed by atoms with Crippen LogP contribution in [-0.4, -0.2) is 25.0 Å². The molecule has 0 radical (unpaired) electrons. The summed E-state index contributed by atoms with van der Waals surface area (Å²) >= 11 is 0. The zero-order valence-electron chi connectivity index (χ0n) is 7.29. The van der Waals surface area contributed by atoms with Crippen LogP contribution in [0.2, 0.25) is 0 Å². The van der Waals surface area contributed by atoms with Crippen molar-refractivity contribution in [1.82, 2.24) is 4.90 Å². The number of likely N-dealkylation sites (tertiary alicyclic amines) is 1. The Morgan fingerprint density at radius 1 is 1.18 bits per heavy atom. The van der Waals surface area contributed by atoms with Gasteiger partial charge in [0.2, 0.25) is 0 Å². The van der Waals surface area contributed by atoms with Crippen LogP contribution in [0.1, 0.15) is 19.3 Å². The van der Waals surface area contributed by atoms with E-state index >= 15 is 0 Å². The van der Waals surface area contributed by atoms with Crippen molar-refractivity contribution in [2.75, 3.05) is 20.1 Å². The fourth-order valence-electron chi connectivity index (χ4n) is 2.38. The minimum atomic E-state index is 0.971. The molecule has 2 unspecified atom stereocenters. The van der Waals surface area contributed by atoms with Gasteiger partial charge in [0.1, 0.15) is 0 Å². The van der Waals surface area contributed by atoms with Gasteiger partial charge in [0, 0.05) is 6.54 Å². The van der Waals surface area contributed by atoms with E-state index in [-0.39, 0.29) is 0 Å². The van der Waals surface area contributed by atoms with Crippen molar-refractivity contribution in [3.8, 4) is 0 Å². The highest BCUT2D eigenvalue weighted by molar-refractivity contribution is 4.96. The third-order valence-electron chi connectivity index (χ3n) is 3.14. The Labute approximate surface area is 69.1 Å². The van der Waals surface area contributed by atoms with Gasteiger partial charge in [-0.3, -0.25) is 0 Å². The molecule has 11 heavy (non-hydrogen) atoms. The van der Waals surface area contributed by atoms with Gasteiger partial charge in [-0.05, 0) is 44.7 Å². The molecule has 2 rings (SSSR count). The van der Waals surface area contributed by atoms with Crippen molar-refractivity contribution in [2.45, 2.75) is 19.3 Å². The molecule has 1 fully saturated rings. The van der Waals surface area contributed by atoms with Crippen molar-refractivity contribution < 1.29 is 0 Å². The summed E-state index contributed by atoms with van der Waals surface area (Å²) < 4.78 is 0. The highest BCUT2D eigenvalue weighted by Gasteiger charge is 2.27. The number of piperidine rings is 1. The molecule has 1 heteroatoms. The van der Waals surface area contributed by atoms with Crippen LogP contribution in [0.25, 0.3) is 0 Å². The van der Waals surface area contributed by atoms with E-state index in [4.69, 9.17) is 0 Å². The predicted molar refractivity (Wildman–Crippen MR) is 47.5 cm³/mol. The van der Waals surface area contributed by atoms with E-state index in [1.54, 1.807) is 0 Å². The van der Waals surface area contributed by atoms with Gasteiger partial charge in [-0.2, -0.15) is 0 Å². The predicted octanol–water partition coefficient (Wildman–Crippen LogP) is 1.90. The lowest BCUT2D eigenvalue weighted by molar-refractivity contribution is 0.140. The normalized spacial score (nSPS) is 38.6. The van der Waals surface area contributed by atoms with E-state index in [2.05, 4.69) is 24.1 Å². The molecule has 62 valence electrons. The Bertz CT molecular complexity index is 162. The summed E-state index contributed by atoms with van der Waals surface area (Å²) in [5, 5.41) is 0. The van der Waals surface area contributed by atoms with Crippen molar-refractivity contribution in [2.24, 2.45) is 11.8 Å². The Balaban J connectivity index is 2.00. The van der Waals surface area contributed by atoms with Crippen LogP contribution in [0.15, 0.2) is 12.2 Å². The van der Waals surface area contributed by atoms with E-state index in [0.717, 1.165) is 11.8 Å². The van der Waals surface area contributed by atoms with E-state index in [1.165, 1.54) is 32.4 Å². The summed E-state index contributed by atoms with van der Waals surface area (Å²) in [5.41, 5.74) is 0. The summed E-state index contributed by atoms with van der Waals surface area (Å²) in [6, 6.07) is 0. The lowest BCUT2D eigenvalue weighted by Crippen LogP contribution is -2.38. The second-order valence-electron chi connectivity index (χ2n) is 4.01. The summed E-state index contributed by atoms with van der Waals surface area (Å²) in [6.45, 7) is 2.64. The smallest absolute Gasteiger partial charge is 0.00123 e. The topological polar surface area (TPSA) is 3.24 Å². The fourth-order valence-corrected chi connectivity index (χ4v) is 2.38. The van der Waals surface area contributed by atoms with Crippen molar-refractivity contribution in [1.29, 1.82) is 0 Å². The molecule has 0 bridgehead atoms. The summed E-state index contributed by atoms with van der Waals surface area (Å²) in [7, 11) is 2.24. The van der Waals surface area contributed by atoms with Crippen molar-refractivity contribution in [3.05, 3.63) is 12.2 Å². The molecule has 0 saturated carbocycles. The average molecular weight is 151 g/mol. The number of fused-ring (bicyclic) bond motifs is 1. The monoisotopic (exact) mass is 151 g/mol. The van der Waals surface area contributed by atoms with Gasteiger partial charge in [0.05, 0.1) is 0 Å². The Morgan fingerprint density at radius 3 is 2.73 bits per heavy atom. The van der Waals surface area contributed by atoms with Gasteiger partial charge in [-0.25, -0.2) is 0 Å². The minimum absolute atomic E-state index is 0.971. The van der Waals surface area contributed by atoms with Gasteiger partial charge in [0.25, 0.3) is 0 Å². The van der Waals surface area contributed by atoms with E-state index in [0.29, 0.717) is 0 Å². The van der Waals surface area contributed by atoms with Crippen LogP contribution in [0.5, 0.6) is 0 Å². The maximum atomic E-state index is 2.47. The SMILES string of the molecule is CN1CCC2CC=CCC2C1. The quantitative estimate of drug-likeness (QED) is 0.478. The first-order chi connectivity index (χ1) is 5.36. The minimum Gasteiger partial charge on any atom is -0.306 e. The first kappa shape index (κ1) is 7.35. The van der Waals surface area contributed by atoms with Gasteiger partial charge in [0.15, 0.2) is 0 Å². The molecule has 1 aliphatic heterocycles. The van der Waals surface area contributed by atoms with Crippen molar-refractivity contribution in [3.63, 3.8) is 0 Å². The second-order valence-corrected chi connectivity index (χ2v) is 4.01. The third-order valence-corrected chi connectivity index (χ3v) is 3.14. The van der Waals surface area contributed by atoms with Crippen molar-refractivity contribution >= 4 is 0 Å². The van der Waals surface area contributed by atoms with Gasteiger partial charge in [-0.15, -0.1) is 0 Å². The van der Waals surface area contributed by atoms with Gasteiger partial charge >= 0.3 is 0 Å². The zero-order chi connectivity index (χ0) is 7.68. The standard InChI is InChI=1S/C10H17N/c1-11-7-6-9-4-2-3-5-10(9)8-11/h2-3,9-10H,4-8H2,1H3. The number of allylic oxidation sites excluding steroid dienone is 2. The molecule has 0 aromatic rings. The average Bonchev–Trinajstić information content (AvgIpc) is 2.04. The highest BCUT2D eigenvalue weighted by Crippen LogP contribution is 2.31. The second kappa shape index (κ2) is 2.98. The molecule has 1 nitrogen and oxygen atoms in total. The number of hydrogen-bond donors (Lipinski definition) is 0. The molecule has 1 saturated heterocycles. The maximum absolute atomic E-state index is 2.47. The number of rotatable bonds is 0. The molecule has 2 aliphatic rings. The van der Waals surface area contributed by atoms with Crippen LogP contribution in [0.3, 0.4) is 0 Å². The Morgan fingerprint density at radius 2 is 1.91 bits per heavy atom. The maximum Gasteiger partial charge on any atom is 0.00123 e. The van der Waals surface area contributed by atoms with Gasteiger partial charge in [-0.1, -0.05) is 12.2 Å². The first-order valence-corrected chi connectivity index (χ1v) is 4.70. The van der Waals surface area contributed by atoms with Crippen LogP contribution in [-0.2, 0) is 0 Å². The van der Waals surface area contributed by atoms with Crippen LogP contribution in [0.4, 0.5) is 0 Å². The lowest BCUT2D eigenvalue weighted by atomic mass is 9.78. The summed E-state index contributed by atoms with van der Waals surface area (Å²) in [6.07, 6.45) is 8.83. The van der Waals surface area contributed by atoms with Crippen LogP contribution < -0.4 is 0 Å². The fraction of sp³-hybridized carbons (Fsp3) is 0.800. The van der Waals surface area contributed by atoms with E-state index in [9.17, 15) is 0 Å². The molecule has 1 aliphatic carbocycles. The molecule has 1 heterocycles. The Hall–Kier alpha value is -0.300. The Kier molecular flexibility index (Phi) is 1.99. The summed E-state index contributed by atoms with van der Waals surface area (Å²) in [4.78, 5) is 2.47. The van der Waals surface area contributed by atoms with Crippen LogP contribution in [0, 0.1) is 11.8 Å². The lowest BCUT2D eigenvalue weighted by Gasteiger charge is -2.37. The molecular weight excluding hydrogens is 134 g/mol. The van der Waals surface area contributed by atoms with Crippen LogP contribution >= 0.6 is 0 Å². The number of hydrogen-bond acceptors (Lipinski definition) is 1. The van der Waals surface area contributed by atoms with E-state index in [1.807, 2.05) is 0 Å². The molecule has 0 aromatic heterocycles. The van der Waals surface area contributed by atoms with E-state index < -0.39 is 0 Å². The highest BCUT2D eigenvalue weighted by atomic mass is 15.1.